The quantitative estimate of drug-likeness (QED) is 0.164. The highest BCUT2D eigenvalue weighted by atomic mass is 16.7. The van der Waals surface area contributed by atoms with Crippen molar-refractivity contribution in [3.05, 3.63) is 61.2 Å². The SMILES string of the molecule is C=CC[C@@H](C[C@@H](CCCCc1ccccc1)OCOC)OC(=O)C=C. The first kappa shape index (κ1) is 21.1. The normalized spacial score (nSPS) is 13.0. The monoisotopic (exact) mass is 346 g/mol. The summed E-state index contributed by atoms with van der Waals surface area (Å²) >= 11 is 0. The third-order valence-electron chi connectivity index (χ3n) is 3.91. The van der Waals surface area contributed by atoms with Crippen molar-refractivity contribution in [2.75, 3.05) is 13.9 Å². The van der Waals surface area contributed by atoms with E-state index in [1.807, 2.05) is 6.07 Å². The summed E-state index contributed by atoms with van der Waals surface area (Å²) in [6.07, 6.45) is 7.97. The Labute approximate surface area is 151 Å². The van der Waals surface area contributed by atoms with Gasteiger partial charge in [0.15, 0.2) is 0 Å². The van der Waals surface area contributed by atoms with Gasteiger partial charge in [-0.05, 0) is 24.8 Å². The van der Waals surface area contributed by atoms with E-state index in [4.69, 9.17) is 14.2 Å². The average molecular weight is 346 g/mol. The summed E-state index contributed by atoms with van der Waals surface area (Å²) in [5, 5.41) is 0. The molecule has 0 N–H and O–H groups in total. The highest BCUT2D eigenvalue weighted by Crippen LogP contribution is 2.17. The molecule has 0 heterocycles. The van der Waals surface area contributed by atoms with Gasteiger partial charge >= 0.3 is 5.97 Å². The molecule has 0 fully saturated rings. The maximum atomic E-state index is 11.5. The molecule has 0 aliphatic carbocycles. The Balaban J connectivity index is 2.45. The molecule has 1 aromatic carbocycles. The van der Waals surface area contributed by atoms with Crippen LogP contribution in [0.15, 0.2) is 55.6 Å². The number of aryl methyl sites for hydroxylation is 1. The molecule has 0 amide bonds. The van der Waals surface area contributed by atoms with E-state index in [2.05, 4.69) is 37.4 Å². The van der Waals surface area contributed by atoms with Gasteiger partial charge in [-0.3, -0.25) is 0 Å². The zero-order valence-corrected chi connectivity index (χ0v) is 15.2. The van der Waals surface area contributed by atoms with Gasteiger partial charge in [0.05, 0.1) is 6.10 Å². The zero-order valence-electron chi connectivity index (χ0n) is 15.2. The third-order valence-corrected chi connectivity index (χ3v) is 3.91. The maximum Gasteiger partial charge on any atom is 0.330 e. The summed E-state index contributed by atoms with van der Waals surface area (Å²) in [7, 11) is 1.60. The Bertz CT molecular complexity index is 498. The van der Waals surface area contributed by atoms with Crippen molar-refractivity contribution in [2.45, 2.75) is 50.7 Å². The molecule has 0 unspecified atom stereocenters. The lowest BCUT2D eigenvalue weighted by molar-refractivity contribution is -0.146. The molecule has 0 bridgehead atoms. The predicted octanol–water partition coefficient (Wildman–Crippen LogP) is 4.45. The van der Waals surface area contributed by atoms with E-state index in [1.165, 1.54) is 11.6 Å². The lowest BCUT2D eigenvalue weighted by atomic mass is 10.0. The molecule has 0 saturated heterocycles. The summed E-state index contributed by atoms with van der Waals surface area (Å²) in [6, 6.07) is 10.4. The number of ether oxygens (including phenoxy) is 3. The number of methoxy groups -OCH3 is 1. The molecule has 0 aromatic heterocycles. The highest BCUT2D eigenvalue weighted by molar-refractivity contribution is 5.81. The number of hydrogen-bond donors (Lipinski definition) is 0. The maximum absolute atomic E-state index is 11.5. The second kappa shape index (κ2) is 13.4. The van der Waals surface area contributed by atoms with Gasteiger partial charge < -0.3 is 14.2 Å². The molecule has 2 atom stereocenters. The Kier molecular flexibility index (Phi) is 11.3. The first-order valence-corrected chi connectivity index (χ1v) is 8.78. The van der Waals surface area contributed by atoms with Crippen molar-refractivity contribution >= 4 is 5.97 Å². The van der Waals surface area contributed by atoms with Crippen LogP contribution in [0, 0.1) is 0 Å². The molecule has 138 valence electrons. The number of unbranched alkanes of at least 4 members (excludes halogenated alkanes) is 1. The third kappa shape index (κ3) is 9.85. The van der Waals surface area contributed by atoms with Gasteiger partial charge in [-0.2, -0.15) is 0 Å². The second-order valence-corrected chi connectivity index (χ2v) is 5.95. The van der Waals surface area contributed by atoms with E-state index < -0.39 is 5.97 Å². The van der Waals surface area contributed by atoms with E-state index in [0.29, 0.717) is 12.8 Å². The molecular weight excluding hydrogens is 316 g/mol. The van der Waals surface area contributed by atoms with Crippen LogP contribution in [0.25, 0.3) is 0 Å². The fraction of sp³-hybridized carbons (Fsp3) is 0.476. The minimum atomic E-state index is -0.415. The molecule has 0 radical (unpaired) electrons. The molecule has 4 heteroatoms. The molecule has 0 aliphatic heterocycles. The van der Waals surface area contributed by atoms with Crippen LogP contribution in [-0.2, 0) is 25.4 Å². The summed E-state index contributed by atoms with van der Waals surface area (Å²) in [6.45, 7) is 7.41. The van der Waals surface area contributed by atoms with Gasteiger partial charge in [-0.1, -0.05) is 49.4 Å². The van der Waals surface area contributed by atoms with Gasteiger partial charge in [-0.25, -0.2) is 4.79 Å². The van der Waals surface area contributed by atoms with E-state index in [9.17, 15) is 4.79 Å². The average Bonchev–Trinajstić information content (AvgIpc) is 2.63. The van der Waals surface area contributed by atoms with E-state index in [0.717, 1.165) is 25.7 Å². The molecule has 0 aliphatic rings. The Morgan fingerprint density at radius 1 is 1.16 bits per heavy atom. The highest BCUT2D eigenvalue weighted by Gasteiger charge is 2.19. The van der Waals surface area contributed by atoms with Gasteiger partial charge in [0.2, 0.25) is 0 Å². The van der Waals surface area contributed by atoms with Crippen LogP contribution < -0.4 is 0 Å². The van der Waals surface area contributed by atoms with E-state index in [1.54, 1.807) is 13.2 Å². The first-order valence-electron chi connectivity index (χ1n) is 8.78. The Morgan fingerprint density at radius 3 is 2.56 bits per heavy atom. The molecule has 0 saturated carbocycles. The van der Waals surface area contributed by atoms with Crippen molar-refractivity contribution in [2.24, 2.45) is 0 Å². The molecule has 25 heavy (non-hydrogen) atoms. The Morgan fingerprint density at radius 2 is 1.92 bits per heavy atom. The molecular formula is C21H30O4. The molecule has 0 spiro atoms. The van der Waals surface area contributed by atoms with E-state index >= 15 is 0 Å². The van der Waals surface area contributed by atoms with Crippen molar-refractivity contribution < 1.29 is 19.0 Å². The molecule has 4 nitrogen and oxygen atoms in total. The fourth-order valence-corrected chi connectivity index (χ4v) is 2.66. The number of benzene rings is 1. The standard InChI is InChI=1S/C21H30O4/c1-4-11-20(25-21(22)5-2)16-19(24-17-23-3)15-10-9-14-18-12-7-6-8-13-18/h4-8,12-13,19-20H,1-2,9-11,14-17H2,3H3/t19-,20+/m1/s1. The van der Waals surface area contributed by atoms with Crippen LogP contribution in [0.4, 0.5) is 0 Å². The van der Waals surface area contributed by atoms with Crippen molar-refractivity contribution in [3.63, 3.8) is 0 Å². The number of hydrogen-bond acceptors (Lipinski definition) is 4. The first-order chi connectivity index (χ1) is 12.2. The minimum absolute atomic E-state index is 0.0155. The van der Waals surface area contributed by atoms with Crippen molar-refractivity contribution in [1.82, 2.24) is 0 Å². The summed E-state index contributed by atoms with van der Waals surface area (Å²) < 4.78 is 16.2. The van der Waals surface area contributed by atoms with Crippen LogP contribution in [0.2, 0.25) is 0 Å². The topological polar surface area (TPSA) is 44.8 Å². The van der Waals surface area contributed by atoms with Crippen LogP contribution in [0.5, 0.6) is 0 Å². The summed E-state index contributed by atoms with van der Waals surface area (Å²) in [5.41, 5.74) is 1.35. The van der Waals surface area contributed by atoms with E-state index in [-0.39, 0.29) is 19.0 Å². The minimum Gasteiger partial charge on any atom is -0.459 e. The summed E-state index contributed by atoms with van der Waals surface area (Å²) in [4.78, 5) is 11.5. The van der Waals surface area contributed by atoms with Gasteiger partial charge in [0.25, 0.3) is 0 Å². The van der Waals surface area contributed by atoms with Gasteiger partial charge in [-0.15, -0.1) is 6.58 Å². The summed E-state index contributed by atoms with van der Waals surface area (Å²) in [5.74, 6) is -0.415. The predicted molar refractivity (Wildman–Crippen MR) is 100 cm³/mol. The number of carbonyl (C=O) groups excluding carboxylic acids is 1. The number of rotatable bonds is 14. The molecule has 1 aromatic rings. The largest absolute Gasteiger partial charge is 0.459 e. The zero-order chi connectivity index (χ0) is 18.3. The van der Waals surface area contributed by atoms with Gasteiger partial charge in [0, 0.05) is 26.0 Å². The lowest BCUT2D eigenvalue weighted by Gasteiger charge is -2.23. The van der Waals surface area contributed by atoms with Crippen molar-refractivity contribution in [1.29, 1.82) is 0 Å². The molecule has 1 rings (SSSR count). The van der Waals surface area contributed by atoms with Crippen LogP contribution in [0.3, 0.4) is 0 Å². The fourth-order valence-electron chi connectivity index (χ4n) is 2.66. The van der Waals surface area contributed by atoms with Gasteiger partial charge in [0.1, 0.15) is 12.9 Å². The second-order valence-electron chi connectivity index (χ2n) is 5.95. The Hall–Kier alpha value is -1.91. The number of esters is 1. The van der Waals surface area contributed by atoms with Crippen LogP contribution in [-0.4, -0.2) is 32.1 Å². The van der Waals surface area contributed by atoms with Crippen LogP contribution in [0.1, 0.15) is 37.7 Å². The van der Waals surface area contributed by atoms with Crippen LogP contribution >= 0.6 is 0 Å². The smallest absolute Gasteiger partial charge is 0.330 e. The van der Waals surface area contributed by atoms with Crippen molar-refractivity contribution in [3.8, 4) is 0 Å². The lowest BCUT2D eigenvalue weighted by Crippen LogP contribution is -2.25. The number of carbonyl (C=O) groups is 1.